The average Bonchev–Trinajstić information content (AvgIpc) is 2.82. The van der Waals surface area contributed by atoms with E-state index in [1.165, 1.54) is 12.8 Å². The first kappa shape index (κ1) is 12.8. The maximum atomic E-state index is 10.8. The van der Waals surface area contributed by atoms with E-state index in [2.05, 4.69) is 10.6 Å². The molecule has 18 heavy (non-hydrogen) atoms. The van der Waals surface area contributed by atoms with Gasteiger partial charge in [0, 0.05) is 11.7 Å². The van der Waals surface area contributed by atoms with Crippen molar-refractivity contribution in [2.45, 2.75) is 31.7 Å². The zero-order chi connectivity index (χ0) is 13.0. The van der Waals surface area contributed by atoms with E-state index >= 15 is 0 Å². The Hall–Kier alpha value is -1.62. The molecule has 0 spiro atoms. The van der Waals surface area contributed by atoms with Crippen LogP contribution in [0.25, 0.3) is 0 Å². The second-order valence-corrected chi connectivity index (χ2v) is 4.87. The van der Waals surface area contributed by atoms with Gasteiger partial charge in [-0.3, -0.25) is 0 Å². The molecule has 0 unspecified atom stereocenters. The third-order valence-corrected chi connectivity index (χ3v) is 3.28. The van der Waals surface area contributed by atoms with Crippen molar-refractivity contribution in [3.8, 4) is 0 Å². The minimum absolute atomic E-state index is 0.253. The third-order valence-electron chi connectivity index (χ3n) is 3.06. The van der Waals surface area contributed by atoms with Gasteiger partial charge in [-0.25, -0.2) is 4.79 Å². The lowest BCUT2D eigenvalue weighted by Crippen LogP contribution is -2.35. The van der Waals surface area contributed by atoms with Crippen LogP contribution in [0.2, 0.25) is 0 Å². The van der Waals surface area contributed by atoms with Crippen LogP contribution in [0, 0.1) is 0 Å². The summed E-state index contributed by atoms with van der Waals surface area (Å²) in [6.45, 7) is 0. The number of nitrogens with one attached hydrogen (secondary N) is 2. The summed E-state index contributed by atoms with van der Waals surface area (Å²) in [5.74, 6) is -0.937. The quantitative estimate of drug-likeness (QED) is 0.733. The Balaban J connectivity index is 1.93. The van der Waals surface area contributed by atoms with E-state index in [0.29, 0.717) is 16.8 Å². The van der Waals surface area contributed by atoms with E-state index in [0.717, 1.165) is 12.8 Å². The molecule has 0 atom stereocenters. The molecule has 0 heterocycles. The van der Waals surface area contributed by atoms with Gasteiger partial charge in [-0.1, -0.05) is 18.9 Å². The first-order chi connectivity index (χ1) is 8.65. The molecule has 1 saturated carbocycles. The van der Waals surface area contributed by atoms with E-state index in [4.69, 9.17) is 17.3 Å². The monoisotopic (exact) mass is 264 g/mol. The van der Waals surface area contributed by atoms with Gasteiger partial charge >= 0.3 is 5.97 Å². The number of aromatic carboxylic acids is 1. The summed E-state index contributed by atoms with van der Waals surface area (Å²) in [5.41, 5.74) is 0.953. The Bertz CT molecular complexity index is 456. The third kappa shape index (κ3) is 3.43. The number of anilines is 1. The Morgan fingerprint density at radius 2 is 2.06 bits per heavy atom. The molecule has 0 amide bonds. The van der Waals surface area contributed by atoms with Gasteiger partial charge in [0.25, 0.3) is 0 Å². The fourth-order valence-electron chi connectivity index (χ4n) is 2.15. The molecule has 1 aromatic rings. The summed E-state index contributed by atoms with van der Waals surface area (Å²) in [4.78, 5) is 10.8. The number of rotatable bonds is 3. The SMILES string of the molecule is O=C(O)c1cccc(NC(=S)NC2CCCC2)c1. The lowest BCUT2D eigenvalue weighted by Gasteiger charge is -2.15. The molecule has 2 rings (SSSR count). The highest BCUT2D eigenvalue weighted by Crippen LogP contribution is 2.18. The molecule has 0 bridgehead atoms. The second kappa shape index (κ2) is 5.82. The summed E-state index contributed by atoms with van der Waals surface area (Å²) in [7, 11) is 0. The van der Waals surface area contributed by atoms with Gasteiger partial charge in [-0.2, -0.15) is 0 Å². The van der Waals surface area contributed by atoms with Crippen LogP contribution in [0.4, 0.5) is 5.69 Å². The van der Waals surface area contributed by atoms with Crippen LogP contribution in [0.1, 0.15) is 36.0 Å². The number of hydrogen-bond donors (Lipinski definition) is 3. The van der Waals surface area contributed by atoms with E-state index < -0.39 is 5.97 Å². The fourth-order valence-corrected chi connectivity index (χ4v) is 2.44. The first-order valence-corrected chi connectivity index (χ1v) is 6.47. The molecule has 0 radical (unpaired) electrons. The molecular weight excluding hydrogens is 248 g/mol. The highest BCUT2D eigenvalue weighted by atomic mass is 32.1. The van der Waals surface area contributed by atoms with E-state index in [9.17, 15) is 4.79 Å². The summed E-state index contributed by atoms with van der Waals surface area (Å²) < 4.78 is 0. The van der Waals surface area contributed by atoms with Gasteiger partial charge in [0.05, 0.1) is 5.56 Å². The smallest absolute Gasteiger partial charge is 0.335 e. The number of hydrogen-bond acceptors (Lipinski definition) is 2. The number of carboxylic acid groups (broad SMARTS) is 1. The van der Waals surface area contributed by atoms with Crippen molar-refractivity contribution in [1.82, 2.24) is 5.32 Å². The Kier molecular flexibility index (Phi) is 4.15. The molecule has 1 aliphatic carbocycles. The number of thiocarbonyl (C=S) groups is 1. The summed E-state index contributed by atoms with van der Waals surface area (Å²) in [5, 5.41) is 15.7. The Morgan fingerprint density at radius 3 is 2.72 bits per heavy atom. The van der Waals surface area contributed by atoms with Crippen molar-refractivity contribution in [3.05, 3.63) is 29.8 Å². The first-order valence-electron chi connectivity index (χ1n) is 6.06. The average molecular weight is 264 g/mol. The lowest BCUT2D eigenvalue weighted by molar-refractivity contribution is 0.0697. The van der Waals surface area contributed by atoms with Crippen LogP contribution in [0.15, 0.2) is 24.3 Å². The topological polar surface area (TPSA) is 61.4 Å². The minimum atomic E-state index is -0.937. The van der Waals surface area contributed by atoms with E-state index in [1.807, 2.05) is 0 Å². The van der Waals surface area contributed by atoms with Crippen LogP contribution in [-0.2, 0) is 0 Å². The van der Waals surface area contributed by atoms with E-state index in [1.54, 1.807) is 24.3 Å². The second-order valence-electron chi connectivity index (χ2n) is 4.47. The van der Waals surface area contributed by atoms with Crippen LogP contribution in [0.5, 0.6) is 0 Å². The minimum Gasteiger partial charge on any atom is -0.478 e. The van der Waals surface area contributed by atoms with Crippen LogP contribution >= 0.6 is 12.2 Å². The molecule has 4 nitrogen and oxygen atoms in total. The maximum Gasteiger partial charge on any atom is 0.335 e. The highest BCUT2D eigenvalue weighted by molar-refractivity contribution is 7.80. The lowest BCUT2D eigenvalue weighted by atomic mass is 10.2. The Labute approximate surface area is 111 Å². The molecule has 1 aliphatic rings. The largest absolute Gasteiger partial charge is 0.478 e. The number of carbonyl (C=O) groups is 1. The number of carboxylic acids is 1. The molecule has 1 aromatic carbocycles. The highest BCUT2D eigenvalue weighted by Gasteiger charge is 2.15. The molecule has 96 valence electrons. The van der Waals surface area contributed by atoms with Crippen molar-refractivity contribution >= 4 is 29.0 Å². The summed E-state index contributed by atoms with van der Waals surface area (Å²) in [6.07, 6.45) is 4.79. The van der Waals surface area contributed by atoms with Crippen LogP contribution in [0.3, 0.4) is 0 Å². The molecular formula is C13H16N2O2S. The zero-order valence-electron chi connectivity index (χ0n) is 9.98. The predicted octanol–water partition coefficient (Wildman–Crippen LogP) is 2.61. The zero-order valence-corrected chi connectivity index (χ0v) is 10.8. The van der Waals surface area contributed by atoms with Crippen molar-refractivity contribution in [1.29, 1.82) is 0 Å². The fraction of sp³-hybridized carbons (Fsp3) is 0.385. The van der Waals surface area contributed by atoms with Crippen molar-refractivity contribution in [2.24, 2.45) is 0 Å². The van der Waals surface area contributed by atoms with Crippen molar-refractivity contribution < 1.29 is 9.90 Å². The maximum absolute atomic E-state index is 10.8. The molecule has 5 heteroatoms. The summed E-state index contributed by atoms with van der Waals surface area (Å²) in [6, 6.07) is 7.08. The summed E-state index contributed by atoms with van der Waals surface area (Å²) >= 11 is 5.21. The standard InChI is InChI=1S/C13H16N2O2S/c16-12(17)9-4-3-7-11(8-9)15-13(18)14-10-5-1-2-6-10/h3-4,7-8,10H,1-2,5-6H2,(H,16,17)(H2,14,15,18). The van der Waals surface area contributed by atoms with E-state index in [-0.39, 0.29) is 5.56 Å². The molecule has 1 fully saturated rings. The number of benzene rings is 1. The van der Waals surface area contributed by atoms with Gasteiger partial charge in [0.15, 0.2) is 5.11 Å². The molecule has 0 aromatic heterocycles. The van der Waals surface area contributed by atoms with Gasteiger partial charge in [0.2, 0.25) is 0 Å². The van der Waals surface area contributed by atoms with Crippen molar-refractivity contribution in [2.75, 3.05) is 5.32 Å². The molecule has 0 saturated heterocycles. The van der Waals surface area contributed by atoms with Gasteiger partial charge in [-0.15, -0.1) is 0 Å². The molecule has 3 N–H and O–H groups in total. The predicted molar refractivity (Wildman–Crippen MR) is 75.0 cm³/mol. The van der Waals surface area contributed by atoms with Gasteiger partial charge < -0.3 is 15.7 Å². The normalized spacial score (nSPS) is 15.3. The van der Waals surface area contributed by atoms with Gasteiger partial charge in [0.1, 0.15) is 0 Å². The van der Waals surface area contributed by atoms with Crippen LogP contribution < -0.4 is 10.6 Å². The molecule has 0 aliphatic heterocycles. The van der Waals surface area contributed by atoms with Gasteiger partial charge in [-0.05, 0) is 43.3 Å². The van der Waals surface area contributed by atoms with Crippen LogP contribution in [-0.4, -0.2) is 22.2 Å². The van der Waals surface area contributed by atoms with Crippen molar-refractivity contribution in [3.63, 3.8) is 0 Å². The Morgan fingerprint density at radius 1 is 1.33 bits per heavy atom.